The normalized spacial score (nSPS) is 15.9. The standard InChI is InChI=1S/C18H24N4O2.HI/c1-13-4-6-14(7-5-13)16-22-15(9-24-16)8-20-17(19-3)21-10-18(2)11-23-12-18;/h4-7,9H,8,10-12H2,1-3H3,(H2,19,20,21);1H. The Kier molecular flexibility index (Phi) is 6.83. The largest absolute Gasteiger partial charge is 0.444 e. The van der Waals surface area contributed by atoms with Gasteiger partial charge in [-0.2, -0.15) is 0 Å². The first-order valence-electron chi connectivity index (χ1n) is 8.12. The lowest BCUT2D eigenvalue weighted by atomic mass is 9.89. The van der Waals surface area contributed by atoms with Crippen molar-refractivity contribution in [1.82, 2.24) is 15.6 Å². The van der Waals surface area contributed by atoms with Crippen molar-refractivity contribution in [2.24, 2.45) is 10.4 Å². The molecule has 1 aromatic carbocycles. The van der Waals surface area contributed by atoms with Gasteiger partial charge in [-0.15, -0.1) is 24.0 Å². The number of nitrogens with one attached hydrogen (secondary N) is 2. The molecule has 0 radical (unpaired) electrons. The molecule has 0 bridgehead atoms. The van der Waals surface area contributed by atoms with Crippen LogP contribution < -0.4 is 10.6 Å². The van der Waals surface area contributed by atoms with Gasteiger partial charge in [0.1, 0.15) is 6.26 Å². The Hall–Kier alpha value is -1.61. The maximum Gasteiger partial charge on any atom is 0.226 e. The van der Waals surface area contributed by atoms with Gasteiger partial charge in [-0.25, -0.2) is 4.98 Å². The van der Waals surface area contributed by atoms with Gasteiger partial charge in [-0.05, 0) is 19.1 Å². The van der Waals surface area contributed by atoms with Crippen LogP contribution in [0.25, 0.3) is 11.5 Å². The third-order valence-corrected chi connectivity index (χ3v) is 4.09. The second-order valence-electron chi connectivity index (χ2n) is 6.59. The summed E-state index contributed by atoms with van der Waals surface area (Å²) in [4.78, 5) is 8.76. The number of halogens is 1. The van der Waals surface area contributed by atoms with E-state index in [0.29, 0.717) is 12.4 Å². The van der Waals surface area contributed by atoms with Crippen molar-refractivity contribution in [3.05, 3.63) is 41.8 Å². The van der Waals surface area contributed by atoms with Crippen LogP contribution >= 0.6 is 24.0 Å². The Bertz CT molecular complexity index is 708. The van der Waals surface area contributed by atoms with Crippen molar-refractivity contribution < 1.29 is 9.15 Å². The first kappa shape index (κ1) is 19.7. The van der Waals surface area contributed by atoms with E-state index in [4.69, 9.17) is 9.15 Å². The third-order valence-electron chi connectivity index (χ3n) is 4.09. The predicted molar refractivity (Wildman–Crippen MR) is 109 cm³/mol. The average Bonchev–Trinajstić information content (AvgIpc) is 3.03. The van der Waals surface area contributed by atoms with Crippen LogP contribution in [0.1, 0.15) is 18.2 Å². The highest BCUT2D eigenvalue weighted by Crippen LogP contribution is 2.25. The van der Waals surface area contributed by atoms with Crippen molar-refractivity contribution in [3.63, 3.8) is 0 Å². The van der Waals surface area contributed by atoms with Crippen molar-refractivity contribution in [2.45, 2.75) is 20.4 Å². The van der Waals surface area contributed by atoms with E-state index in [-0.39, 0.29) is 29.4 Å². The van der Waals surface area contributed by atoms with Crippen LogP contribution in [0.2, 0.25) is 0 Å². The van der Waals surface area contributed by atoms with Gasteiger partial charge in [-0.1, -0.05) is 24.6 Å². The molecule has 3 rings (SSSR count). The van der Waals surface area contributed by atoms with Crippen molar-refractivity contribution in [1.29, 1.82) is 0 Å². The molecule has 0 amide bonds. The lowest BCUT2D eigenvalue weighted by Gasteiger charge is -2.38. The first-order valence-corrected chi connectivity index (χ1v) is 8.12. The maximum atomic E-state index is 5.57. The average molecular weight is 456 g/mol. The fourth-order valence-electron chi connectivity index (χ4n) is 2.46. The van der Waals surface area contributed by atoms with Gasteiger partial charge in [0.15, 0.2) is 5.96 Å². The highest BCUT2D eigenvalue weighted by molar-refractivity contribution is 14.0. The van der Waals surface area contributed by atoms with E-state index >= 15 is 0 Å². The van der Waals surface area contributed by atoms with Crippen LogP contribution in [0, 0.1) is 12.3 Å². The number of rotatable bonds is 5. The number of aromatic nitrogens is 1. The number of guanidine groups is 1. The molecule has 0 spiro atoms. The summed E-state index contributed by atoms with van der Waals surface area (Å²) in [5.41, 5.74) is 3.23. The van der Waals surface area contributed by atoms with Crippen LogP contribution in [-0.4, -0.2) is 37.7 Å². The highest BCUT2D eigenvalue weighted by atomic mass is 127. The number of nitrogens with zero attached hydrogens (tertiary/aromatic N) is 2. The molecule has 0 aliphatic carbocycles. The number of benzene rings is 1. The quantitative estimate of drug-likeness (QED) is 0.411. The van der Waals surface area contributed by atoms with E-state index in [9.17, 15) is 0 Å². The molecular weight excluding hydrogens is 431 g/mol. The second kappa shape index (κ2) is 8.66. The molecule has 7 heteroatoms. The molecule has 1 fully saturated rings. The first-order chi connectivity index (χ1) is 11.6. The minimum absolute atomic E-state index is 0. The van der Waals surface area contributed by atoms with Gasteiger partial charge in [0, 0.05) is 24.6 Å². The predicted octanol–water partition coefficient (Wildman–Crippen LogP) is 2.97. The van der Waals surface area contributed by atoms with E-state index in [0.717, 1.165) is 37.0 Å². The molecular formula is C18H25IN4O2. The van der Waals surface area contributed by atoms with Gasteiger partial charge in [-0.3, -0.25) is 4.99 Å². The molecule has 1 aliphatic rings. The van der Waals surface area contributed by atoms with Gasteiger partial charge in [0.25, 0.3) is 0 Å². The maximum absolute atomic E-state index is 5.57. The highest BCUT2D eigenvalue weighted by Gasteiger charge is 2.33. The lowest BCUT2D eigenvalue weighted by molar-refractivity contribution is -0.0971. The van der Waals surface area contributed by atoms with Crippen LogP contribution in [0.4, 0.5) is 0 Å². The molecule has 2 N–H and O–H groups in total. The Balaban J connectivity index is 0.00000225. The van der Waals surface area contributed by atoms with Crippen molar-refractivity contribution >= 4 is 29.9 Å². The fourth-order valence-corrected chi connectivity index (χ4v) is 2.46. The van der Waals surface area contributed by atoms with E-state index in [2.05, 4.69) is 34.5 Å². The summed E-state index contributed by atoms with van der Waals surface area (Å²) in [6.45, 7) is 7.23. The summed E-state index contributed by atoms with van der Waals surface area (Å²) in [6, 6.07) is 8.13. The molecule has 0 atom stereocenters. The summed E-state index contributed by atoms with van der Waals surface area (Å²) >= 11 is 0. The van der Waals surface area contributed by atoms with E-state index in [1.807, 2.05) is 24.3 Å². The van der Waals surface area contributed by atoms with Crippen LogP contribution in [0.5, 0.6) is 0 Å². The Labute approximate surface area is 165 Å². The van der Waals surface area contributed by atoms with E-state index in [1.165, 1.54) is 5.56 Å². The molecule has 1 aliphatic heterocycles. The van der Waals surface area contributed by atoms with E-state index in [1.54, 1.807) is 13.3 Å². The molecule has 0 saturated carbocycles. The van der Waals surface area contributed by atoms with Crippen molar-refractivity contribution in [3.8, 4) is 11.5 Å². The zero-order valence-corrected chi connectivity index (χ0v) is 17.2. The Morgan fingerprint density at radius 1 is 1.24 bits per heavy atom. The molecule has 1 saturated heterocycles. The second-order valence-corrected chi connectivity index (χ2v) is 6.59. The SMILES string of the molecule is CN=C(NCc1coc(-c2ccc(C)cc2)n1)NCC1(C)COC1.I. The Morgan fingerprint density at radius 2 is 1.96 bits per heavy atom. The lowest BCUT2D eigenvalue weighted by Crippen LogP contribution is -2.50. The summed E-state index contributed by atoms with van der Waals surface area (Å²) in [5.74, 6) is 1.39. The summed E-state index contributed by atoms with van der Waals surface area (Å²) < 4.78 is 10.8. The van der Waals surface area contributed by atoms with E-state index < -0.39 is 0 Å². The van der Waals surface area contributed by atoms with Gasteiger partial charge in [0.2, 0.25) is 5.89 Å². The van der Waals surface area contributed by atoms with Gasteiger partial charge in [0.05, 0.1) is 25.5 Å². The number of hydrogen-bond donors (Lipinski definition) is 2. The number of aliphatic imine (C=N–C) groups is 1. The summed E-state index contributed by atoms with van der Waals surface area (Å²) in [5, 5.41) is 6.58. The van der Waals surface area contributed by atoms with Crippen LogP contribution in [-0.2, 0) is 11.3 Å². The number of aryl methyl sites for hydroxylation is 1. The Morgan fingerprint density at radius 3 is 2.56 bits per heavy atom. The molecule has 136 valence electrons. The molecule has 2 aromatic rings. The van der Waals surface area contributed by atoms with Gasteiger partial charge >= 0.3 is 0 Å². The number of oxazole rings is 1. The third kappa shape index (κ3) is 5.18. The topological polar surface area (TPSA) is 71.7 Å². The fraction of sp³-hybridized carbons (Fsp3) is 0.444. The van der Waals surface area contributed by atoms with Gasteiger partial charge < -0.3 is 19.8 Å². The minimum atomic E-state index is 0. The molecule has 6 nitrogen and oxygen atoms in total. The molecule has 25 heavy (non-hydrogen) atoms. The monoisotopic (exact) mass is 456 g/mol. The molecule has 0 unspecified atom stereocenters. The molecule has 1 aromatic heterocycles. The van der Waals surface area contributed by atoms with Crippen LogP contribution in [0.15, 0.2) is 39.9 Å². The molecule has 2 heterocycles. The summed E-state index contributed by atoms with van der Waals surface area (Å²) in [6.07, 6.45) is 1.68. The van der Waals surface area contributed by atoms with Crippen LogP contribution in [0.3, 0.4) is 0 Å². The number of hydrogen-bond acceptors (Lipinski definition) is 4. The minimum Gasteiger partial charge on any atom is -0.444 e. The smallest absolute Gasteiger partial charge is 0.226 e. The zero-order chi connectivity index (χ0) is 17.0. The number of ether oxygens (including phenoxy) is 1. The van der Waals surface area contributed by atoms with Crippen molar-refractivity contribution in [2.75, 3.05) is 26.8 Å². The zero-order valence-electron chi connectivity index (χ0n) is 14.8. The summed E-state index contributed by atoms with van der Waals surface area (Å²) in [7, 11) is 1.76.